The molecule has 1 aromatic heterocycles. The number of urea groups is 1. The molecule has 3 amide bonds. The molecule has 7 heteroatoms. The molecule has 0 bridgehead atoms. The van der Waals surface area contributed by atoms with Gasteiger partial charge in [-0.15, -0.1) is 0 Å². The van der Waals surface area contributed by atoms with Crippen LogP contribution in [0.2, 0.25) is 0 Å². The number of carbonyl (C=O) groups excluding carboxylic acids is 2. The molecule has 1 N–H and O–H groups in total. The van der Waals surface area contributed by atoms with Crippen molar-refractivity contribution < 1.29 is 14.3 Å². The lowest BCUT2D eigenvalue weighted by Crippen LogP contribution is -2.50. The maximum atomic E-state index is 12.6. The molecule has 1 aromatic rings. The van der Waals surface area contributed by atoms with Crippen LogP contribution < -0.4 is 10.1 Å². The van der Waals surface area contributed by atoms with Crippen LogP contribution in [0.15, 0.2) is 18.5 Å². The second-order valence-corrected chi connectivity index (χ2v) is 6.70. The van der Waals surface area contributed by atoms with E-state index in [9.17, 15) is 9.59 Å². The predicted octanol–water partition coefficient (Wildman–Crippen LogP) is 1.95. The molecule has 7 nitrogen and oxygen atoms in total. The fourth-order valence-electron chi connectivity index (χ4n) is 3.71. The third-order valence-corrected chi connectivity index (χ3v) is 5.15. The molecule has 25 heavy (non-hydrogen) atoms. The quantitative estimate of drug-likeness (QED) is 0.904. The number of amides is 3. The van der Waals surface area contributed by atoms with Gasteiger partial charge in [-0.2, -0.15) is 0 Å². The van der Waals surface area contributed by atoms with Gasteiger partial charge in [0, 0.05) is 43.9 Å². The maximum absolute atomic E-state index is 12.6. The Morgan fingerprint density at radius 2 is 2.12 bits per heavy atom. The summed E-state index contributed by atoms with van der Waals surface area (Å²) in [5.41, 5.74) is 0.906. The van der Waals surface area contributed by atoms with E-state index in [0.29, 0.717) is 25.3 Å². The topological polar surface area (TPSA) is 74.8 Å². The highest BCUT2D eigenvalue weighted by molar-refractivity contribution is 5.78. The van der Waals surface area contributed by atoms with E-state index in [0.717, 1.165) is 31.4 Å². The van der Waals surface area contributed by atoms with Gasteiger partial charge in [0.2, 0.25) is 5.91 Å². The second-order valence-electron chi connectivity index (χ2n) is 6.70. The summed E-state index contributed by atoms with van der Waals surface area (Å²) in [6, 6.07) is 1.91. The van der Waals surface area contributed by atoms with Crippen LogP contribution >= 0.6 is 0 Å². The number of nitrogens with one attached hydrogen (secondary N) is 1. The molecule has 1 atom stereocenters. The second kappa shape index (κ2) is 7.72. The van der Waals surface area contributed by atoms with Crippen LogP contribution in [-0.4, -0.2) is 59.5 Å². The van der Waals surface area contributed by atoms with Crippen LogP contribution in [0.1, 0.15) is 44.2 Å². The minimum atomic E-state index is -0.164. The number of nitrogens with zero attached hydrogens (tertiary/aromatic N) is 3. The fraction of sp³-hybridized carbons (Fsp3) is 0.611. The molecule has 0 radical (unpaired) electrons. The Labute approximate surface area is 148 Å². The van der Waals surface area contributed by atoms with Crippen LogP contribution in [0.4, 0.5) is 4.79 Å². The van der Waals surface area contributed by atoms with Gasteiger partial charge in [-0.3, -0.25) is 9.78 Å². The average molecular weight is 346 g/mol. The summed E-state index contributed by atoms with van der Waals surface area (Å²) in [5.74, 6) is 0.933. The number of hydrogen-bond acceptors (Lipinski definition) is 4. The van der Waals surface area contributed by atoms with E-state index in [1.54, 1.807) is 19.5 Å². The van der Waals surface area contributed by atoms with Crippen molar-refractivity contribution in [1.82, 2.24) is 20.1 Å². The van der Waals surface area contributed by atoms with Gasteiger partial charge in [-0.05, 0) is 32.3 Å². The first-order chi connectivity index (χ1) is 12.1. The molecular weight excluding hydrogens is 320 g/mol. The number of pyridine rings is 1. The lowest BCUT2D eigenvalue weighted by molar-refractivity contribution is -0.130. The summed E-state index contributed by atoms with van der Waals surface area (Å²) < 4.78 is 5.31. The standard InChI is InChI=1S/C18H26N4O3/c1-13(15-5-8-19-12-16(15)25-2)20-18(24)21-10-6-14(7-11-21)22-9-3-4-17(22)23/h5,8,12-14H,3-4,6-7,9-11H2,1-2H3,(H,20,24)/t13-/m1/s1. The summed E-state index contributed by atoms with van der Waals surface area (Å²) in [5, 5.41) is 3.03. The third kappa shape index (κ3) is 3.86. The molecule has 2 aliphatic heterocycles. The highest BCUT2D eigenvalue weighted by atomic mass is 16.5. The highest BCUT2D eigenvalue weighted by Gasteiger charge is 2.32. The Bertz CT molecular complexity index is 629. The Hall–Kier alpha value is -2.31. The van der Waals surface area contributed by atoms with Crippen molar-refractivity contribution in [2.75, 3.05) is 26.7 Å². The van der Waals surface area contributed by atoms with Gasteiger partial charge in [0.05, 0.1) is 19.3 Å². The van der Waals surface area contributed by atoms with Crippen molar-refractivity contribution in [2.45, 2.75) is 44.7 Å². The monoisotopic (exact) mass is 346 g/mol. The summed E-state index contributed by atoms with van der Waals surface area (Å²) in [7, 11) is 1.60. The van der Waals surface area contributed by atoms with Gasteiger partial charge in [0.25, 0.3) is 0 Å². The Morgan fingerprint density at radius 1 is 1.36 bits per heavy atom. The Morgan fingerprint density at radius 3 is 2.76 bits per heavy atom. The number of piperidine rings is 1. The first-order valence-corrected chi connectivity index (χ1v) is 8.93. The van der Waals surface area contributed by atoms with Gasteiger partial charge >= 0.3 is 6.03 Å². The van der Waals surface area contributed by atoms with E-state index in [4.69, 9.17) is 4.74 Å². The molecule has 0 aliphatic carbocycles. The van der Waals surface area contributed by atoms with E-state index in [2.05, 4.69) is 10.3 Å². The normalized spacial score (nSPS) is 19.8. The van der Waals surface area contributed by atoms with E-state index in [1.165, 1.54) is 0 Å². The molecule has 0 saturated carbocycles. The average Bonchev–Trinajstić information content (AvgIpc) is 3.07. The molecule has 136 valence electrons. The number of likely N-dealkylation sites (tertiary alicyclic amines) is 2. The zero-order valence-corrected chi connectivity index (χ0v) is 14.9. The van der Waals surface area contributed by atoms with Crippen molar-refractivity contribution in [3.05, 3.63) is 24.0 Å². The number of carbonyl (C=O) groups is 2. The Kier molecular flexibility index (Phi) is 5.40. The number of rotatable bonds is 4. The van der Waals surface area contributed by atoms with Crippen molar-refractivity contribution in [1.29, 1.82) is 0 Å². The summed E-state index contributed by atoms with van der Waals surface area (Å²) in [6.45, 7) is 4.17. The van der Waals surface area contributed by atoms with Crippen LogP contribution in [-0.2, 0) is 4.79 Å². The van der Waals surface area contributed by atoms with Crippen molar-refractivity contribution in [2.24, 2.45) is 0 Å². The van der Waals surface area contributed by atoms with Crippen LogP contribution in [0.3, 0.4) is 0 Å². The summed E-state index contributed by atoms with van der Waals surface area (Å²) >= 11 is 0. The van der Waals surface area contributed by atoms with E-state index in [1.807, 2.05) is 22.8 Å². The van der Waals surface area contributed by atoms with Gasteiger partial charge < -0.3 is 19.9 Å². The smallest absolute Gasteiger partial charge is 0.317 e. The lowest BCUT2D eigenvalue weighted by atomic mass is 10.0. The highest BCUT2D eigenvalue weighted by Crippen LogP contribution is 2.25. The van der Waals surface area contributed by atoms with Gasteiger partial charge in [-0.1, -0.05) is 0 Å². The molecule has 2 aliphatic rings. The molecule has 2 fully saturated rings. The molecule has 2 saturated heterocycles. The minimum Gasteiger partial charge on any atom is -0.495 e. The van der Waals surface area contributed by atoms with Crippen molar-refractivity contribution in [3.8, 4) is 5.75 Å². The number of ether oxygens (including phenoxy) is 1. The predicted molar refractivity (Wildman–Crippen MR) is 93.3 cm³/mol. The van der Waals surface area contributed by atoms with E-state index < -0.39 is 0 Å². The van der Waals surface area contributed by atoms with Crippen molar-refractivity contribution in [3.63, 3.8) is 0 Å². The molecule has 0 aromatic carbocycles. The van der Waals surface area contributed by atoms with Crippen LogP contribution in [0.25, 0.3) is 0 Å². The molecule has 0 unspecified atom stereocenters. The minimum absolute atomic E-state index is 0.0717. The van der Waals surface area contributed by atoms with Crippen LogP contribution in [0, 0.1) is 0 Å². The van der Waals surface area contributed by atoms with Crippen molar-refractivity contribution >= 4 is 11.9 Å². The maximum Gasteiger partial charge on any atom is 0.317 e. The first-order valence-electron chi connectivity index (χ1n) is 8.93. The molecular formula is C18H26N4O3. The lowest BCUT2D eigenvalue weighted by Gasteiger charge is -2.37. The first kappa shape index (κ1) is 17.5. The number of aromatic nitrogens is 1. The third-order valence-electron chi connectivity index (χ3n) is 5.15. The van der Waals surface area contributed by atoms with E-state index in [-0.39, 0.29) is 24.0 Å². The molecule has 0 spiro atoms. The van der Waals surface area contributed by atoms with Gasteiger partial charge in [0.1, 0.15) is 5.75 Å². The SMILES string of the molecule is COc1cnccc1[C@@H](C)NC(=O)N1CCC(N2CCCC2=O)CC1. The molecule has 3 rings (SSSR count). The zero-order valence-electron chi connectivity index (χ0n) is 14.9. The number of hydrogen-bond donors (Lipinski definition) is 1. The van der Waals surface area contributed by atoms with Gasteiger partial charge in [-0.25, -0.2) is 4.79 Å². The largest absolute Gasteiger partial charge is 0.495 e. The summed E-state index contributed by atoms with van der Waals surface area (Å²) in [6.07, 6.45) is 6.69. The number of methoxy groups -OCH3 is 1. The van der Waals surface area contributed by atoms with E-state index >= 15 is 0 Å². The molecule has 3 heterocycles. The fourth-order valence-corrected chi connectivity index (χ4v) is 3.71. The van der Waals surface area contributed by atoms with Crippen LogP contribution in [0.5, 0.6) is 5.75 Å². The Balaban J connectivity index is 1.53. The van der Waals surface area contributed by atoms with Gasteiger partial charge in [0.15, 0.2) is 0 Å². The zero-order chi connectivity index (χ0) is 17.8. The summed E-state index contributed by atoms with van der Waals surface area (Å²) in [4.78, 5) is 32.3.